The summed E-state index contributed by atoms with van der Waals surface area (Å²) in [7, 11) is -3.32. The third-order valence-electron chi connectivity index (χ3n) is 3.77. The lowest BCUT2D eigenvalue weighted by Crippen LogP contribution is -2.38. The zero-order valence-corrected chi connectivity index (χ0v) is 12.0. The molecule has 1 aliphatic heterocycles. The Hall–Kier alpha value is -1.59. The minimum Gasteiger partial charge on any atom is -0.317 e. The van der Waals surface area contributed by atoms with Crippen molar-refractivity contribution in [3.8, 4) is 0 Å². The number of anilines is 1. The van der Waals surface area contributed by atoms with Crippen molar-refractivity contribution < 1.29 is 8.42 Å². The van der Waals surface area contributed by atoms with Crippen LogP contribution in [0.2, 0.25) is 0 Å². The predicted octanol–water partition coefficient (Wildman–Crippen LogP) is 2.33. The fourth-order valence-electron chi connectivity index (χ4n) is 2.66. The van der Waals surface area contributed by atoms with Gasteiger partial charge in [-0.25, -0.2) is 8.42 Å². The van der Waals surface area contributed by atoms with Crippen LogP contribution in [0.5, 0.6) is 0 Å². The molecule has 0 amide bonds. The molecule has 0 unspecified atom stereocenters. The number of hydrogen-bond acceptors (Lipinski definition) is 3. The van der Waals surface area contributed by atoms with Crippen molar-refractivity contribution in [3.05, 3.63) is 42.5 Å². The maximum Gasteiger partial charge on any atom is 0.235 e. The zero-order valence-electron chi connectivity index (χ0n) is 11.2. The van der Waals surface area contributed by atoms with Crippen molar-refractivity contribution in [2.24, 2.45) is 0 Å². The topological polar surface area (TPSA) is 58.2 Å². The van der Waals surface area contributed by atoms with Crippen LogP contribution in [0.15, 0.2) is 42.5 Å². The zero-order chi connectivity index (χ0) is 14.0. The van der Waals surface area contributed by atoms with Crippen LogP contribution in [0.25, 0.3) is 10.8 Å². The van der Waals surface area contributed by atoms with Gasteiger partial charge in [-0.3, -0.25) is 4.72 Å². The van der Waals surface area contributed by atoms with E-state index in [1.807, 2.05) is 42.5 Å². The first kappa shape index (κ1) is 13.4. The number of nitrogens with one attached hydrogen (secondary N) is 2. The maximum atomic E-state index is 12.5. The highest BCUT2D eigenvalue weighted by molar-refractivity contribution is 7.93. The van der Waals surface area contributed by atoms with Crippen LogP contribution in [0.3, 0.4) is 0 Å². The molecule has 5 heteroatoms. The lowest BCUT2D eigenvalue weighted by atomic mass is 10.1. The molecule has 0 radical (unpaired) electrons. The number of fused-ring (bicyclic) bond motifs is 1. The van der Waals surface area contributed by atoms with E-state index >= 15 is 0 Å². The van der Waals surface area contributed by atoms with Gasteiger partial charge in [-0.1, -0.05) is 36.4 Å². The Bertz CT molecular complexity index is 701. The molecule has 106 valence electrons. The van der Waals surface area contributed by atoms with Crippen molar-refractivity contribution >= 4 is 26.5 Å². The molecule has 1 aliphatic rings. The van der Waals surface area contributed by atoms with Gasteiger partial charge in [-0.2, -0.15) is 0 Å². The van der Waals surface area contributed by atoms with E-state index in [0.717, 1.165) is 23.9 Å². The summed E-state index contributed by atoms with van der Waals surface area (Å²) < 4.78 is 27.7. The van der Waals surface area contributed by atoms with Gasteiger partial charge in [0.1, 0.15) is 0 Å². The van der Waals surface area contributed by atoms with E-state index in [2.05, 4.69) is 10.0 Å². The lowest BCUT2D eigenvalue weighted by molar-refractivity contribution is 0.499. The van der Waals surface area contributed by atoms with Crippen LogP contribution in [0.4, 0.5) is 5.69 Å². The summed E-state index contributed by atoms with van der Waals surface area (Å²) in [5, 5.41) is 4.86. The van der Waals surface area contributed by atoms with Crippen LogP contribution >= 0.6 is 0 Å². The SMILES string of the molecule is O=S(=O)(Nc1cccc2ccccc12)C1CCNCC1. The van der Waals surface area contributed by atoms with Crippen LogP contribution < -0.4 is 10.0 Å². The molecule has 0 atom stereocenters. The number of piperidine rings is 1. The molecular weight excluding hydrogens is 272 g/mol. The Morgan fingerprint density at radius 1 is 1.00 bits per heavy atom. The highest BCUT2D eigenvalue weighted by atomic mass is 32.2. The molecule has 0 aliphatic carbocycles. The Kier molecular flexibility index (Phi) is 3.63. The smallest absolute Gasteiger partial charge is 0.235 e. The van der Waals surface area contributed by atoms with Gasteiger partial charge in [0, 0.05) is 5.39 Å². The fourth-order valence-corrected chi connectivity index (χ4v) is 4.16. The lowest BCUT2D eigenvalue weighted by Gasteiger charge is -2.23. The molecule has 2 aromatic rings. The summed E-state index contributed by atoms with van der Waals surface area (Å²) >= 11 is 0. The van der Waals surface area contributed by atoms with Crippen molar-refractivity contribution in [1.29, 1.82) is 0 Å². The Morgan fingerprint density at radius 3 is 2.50 bits per heavy atom. The Morgan fingerprint density at radius 2 is 1.70 bits per heavy atom. The second-order valence-electron chi connectivity index (χ2n) is 5.12. The molecule has 20 heavy (non-hydrogen) atoms. The monoisotopic (exact) mass is 290 g/mol. The van der Waals surface area contributed by atoms with Gasteiger partial charge in [0.15, 0.2) is 0 Å². The van der Waals surface area contributed by atoms with E-state index in [4.69, 9.17) is 0 Å². The molecule has 0 bridgehead atoms. The van der Waals surface area contributed by atoms with Crippen LogP contribution in [0.1, 0.15) is 12.8 Å². The van der Waals surface area contributed by atoms with E-state index in [9.17, 15) is 8.42 Å². The van der Waals surface area contributed by atoms with Gasteiger partial charge in [0.2, 0.25) is 10.0 Å². The molecule has 1 heterocycles. The van der Waals surface area contributed by atoms with E-state index in [0.29, 0.717) is 18.5 Å². The van der Waals surface area contributed by atoms with Gasteiger partial charge in [-0.15, -0.1) is 0 Å². The first-order valence-corrected chi connectivity index (χ1v) is 8.41. The summed E-state index contributed by atoms with van der Waals surface area (Å²) in [5.41, 5.74) is 0.668. The van der Waals surface area contributed by atoms with E-state index in [-0.39, 0.29) is 5.25 Å². The highest BCUT2D eigenvalue weighted by Crippen LogP contribution is 2.25. The molecule has 0 spiro atoms. The molecule has 4 nitrogen and oxygen atoms in total. The number of benzene rings is 2. The second-order valence-corrected chi connectivity index (χ2v) is 7.08. The molecule has 0 aromatic heterocycles. The van der Waals surface area contributed by atoms with Gasteiger partial charge in [0.25, 0.3) is 0 Å². The largest absolute Gasteiger partial charge is 0.317 e. The minimum atomic E-state index is -3.32. The van der Waals surface area contributed by atoms with Gasteiger partial charge in [0.05, 0.1) is 10.9 Å². The van der Waals surface area contributed by atoms with Crippen molar-refractivity contribution in [3.63, 3.8) is 0 Å². The molecule has 2 N–H and O–H groups in total. The standard InChI is InChI=1S/C15H18N2O2S/c18-20(19,13-8-10-16-11-9-13)17-15-7-3-5-12-4-1-2-6-14(12)15/h1-7,13,16-17H,8-11H2. The quantitative estimate of drug-likeness (QED) is 0.912. The number of rotatable bonds is 3. The summed E-state index contributed by atoms with van der Waals surface area (Å²) in [6.45, 7) is 1.53. The summed E-state index contributed by atoms with van der Waals surface area (Å²) in [4.78, 5) is 0. The van der Waals surface area contributed by atoms with Crippen LogP contribution in [0, 0.1) is 0 Å². The number of sulfonamides is 1. The summed E-state index contributed by atoms with van der Waals surface area (Å²) in [5.74, 6) is 0. The van der Waals surface area contributed by atoms with E-state index < -0.39 is 10.0 Å². The van der Waals surface area contributed by atoms with Crippen molar-refractivity contribution in [2.45, 2.75) is 18.1 Å². The first-order chi connectivity index (χ1) is 9.67. The summed E-state index contributed by atoms with van der Waals surface area (Å²) in [6, 6.07) is 13.5. The van der Waals surface area contributed by atoms with Gasteiger partial charge < -0.3 is 5.32 Å². The highest BCUT2D eigenvalue weighted by Gasteiger charge is 2.27. The van der Waals surface area contributed by atoms with Gasteiger partial charge >= 0.3 is 0 Å². The third-order valence-corrected chi connectivity index (χ3v) is 5.62. The van der Waals surface area contributed by atoms with E-state index in [1.54, 1.807) is 0 Å². The average Bonchev–Trinajstić information content (AvgIpc) is 2.48. The normalized spacial score (nSPS) is 17.2. The molecule has 1 fully saturated rings. The molecule has 2 aromatic carbocycles. The first-order valence-electron chi connectivity index (χ1n) is 6.87. The average molecular weight is 290 g/mol. The maximum absolute atomic E-state index is 12.5. The van der Waals surface area contributed by atoms with Crippen LogP contribution in [-0.4, -0.2) is 26.8 Å². The van der Waals surface area contributed by atoms with Crippen molar-refractivity contribution in [2.75, 3.05) is 17.8 Å². The summed E-state index contributed by atoms with van der Waals surface area (Å²) in [6.07, 6.45) is 1.33. The third kappa shape index (κ3) is 2.64. The fraction of sp³-hybridized carbons (Fsp3) is 0.333. The molecule has 3 rings (SSSR count). The Balaban J connectivity index is 1.92. The second kappa shape index (κ2) is 5.42. The van der Waals surface area contributed by atoms with Crippen molar-refractivity contribution in [1.82, 2.24) is 5.32 Å². The van der Waals surface area contributed by atoms with Crippen LogP contribution in [-0.2, 0) is 10.0 Å². The van der Waals surface area contributed by atoms with Gasteiger partial charge in [-0.05, 0) is 37.4 Å². The Labute approximate surface area is 119 Å². The molecular formula is C15H18N2O2S. The number of hydrogen-bond donors (Lipinski definition) is 2. The molecule has 1 saturated heterocycles. The predicted molar refractivity (Wildman–Crippen MR) is 82.4 cm³/mol. The van der Waals surface area contributed by atoms with E-state index in [1.165, 1.54) is 0 Å². The molecule has 0 saturated carbocycles. The minimum absolute atomic E-state index is 0.303.